The van der Waals surface area contributed by atoms with E-state index < -0.39 is 0 Å². The first-order chi connectivity index (χ1) is 9.56. The highest BCUT2D eigenvalue weighted by atomic mass is 35.5. The van der Waals surface area contributed by atoms with Crippen LogP contribution >= 0.6 is 23.2 Å². The predicted octanol–water partition coefficient (Wildman–Crippen LogP) is 3.20. The molecule has 0 aliphatic rings. The molecule has 1 unspecified atom stereocenters. The van der Waals surface area contributed by atoms with Crippen LogP contribution in [0.5, 0.6) is 5.75 Å². The largest absolute Gasteiger partial charge is 0.483 e. The Morgan fingerprint density at radius 3 is 2.75 bits per heavy atom. The first-order valence-electron chi connectivity index (χ1n) is 6.30. The summed E-state index contributed by atoms with van der Waals surface area (Å²) in [6.07, 6.45) is -0.262. The molecule has 2 rings (SSSR count). The van der Waals surface area contributed by atoms with Gasteiger partial charge in [0.15, 0.2) is 0 Å². The Morgan fingerprint density at radius 1 is 1.40 bits per heavy atom. The molecule has 1 atom stereocenters. The fourth-order valence-corrected chi connectivity index (χ4v) is 2.45. The van der Waals surface area contributed by atoms with Gasteiger partial charge in [-0.1, -0.05) is 28.4 Å². The quantitative estimate of drug-likeness (QED) is 0.920. The molecule has 0 spiro atoms. The number of rotatable bonds is 5. The zero-order valence-electron chi connectivity index (χ0n) is 11.3. The van der Waals surface area contributed by atoms with Crippen molar-refractivity contribution in [3.05, 3.63) is 39.6 Å². The smallest absolute Gasteiger partial charge is 0.139 e. The molecule has 7 heteroatoms. The fraction of sp³-hybridized carbons (Fsp3) is 0.385. The first kappa shape index (κ1) is 15.1. The molecule has 20 heavy (non-hydrogen) atoms. The highest BCUT2D eigenvalue weighted by molar-refractivity contribution is 6.35. The van der Waals surface area contributed by atoms with Crippen molar-refractivity contribution in [3.8, 4) is 5.75 Å². The third-order valence-electron chi connectivity index (χ3n) is 2.92. The van der Waals surface area contributed by atoms with Crippen molar-refractivity contribution in [1.29, 1.82) is 0 Å². The van der Waals surface area contributed by atoms with E-state index in [1.165, 1.54) is 0 Å². The molecule has 0 saturated heterocycles. The lowest BCUT2D eigenvalue weighted by atomic mass is 10.2. The molecule has 2 N–H and O–H groups in total. The minimum absolute atomic E-state index is 0.262. The average Bonchev–Trinajstić information content (AvgIpc) is 2.84. The third kappa shape index (κ3) is 3.06. The summed E-state index contributed by atoms with van der Waals surface area (Å²) in [5, 5.41) is 9.15. The maximum absolute atomic E-state index is 6.11. The lowest BCUT2D eigenvalue weighted by Gasteiger charge is -2.17. The Balaban J connectivity index is 2.27. The summed E-state index contributed by atoms with van der Waals surface area (Å²) in [5.41, 5.74) is 7.27. The summed E-state index contributed by atoms with van der Waals surface area (Å²) in [4.78, 5) is 0. The number of ether oxygens (including phenoxy) is 1. The van der Waals surface area contributed by atoms with E-state index in [2.05, 4.69) is 10.3 Å². The number of aryl methyl sites for hydroxylation is 1. The van der Waals surface area contributed by atoms with Gasteiger partial charge in [0.25, 0.3) is 0 Å². The topological polar surface area (TPSA) is 66.0 Å². The van der Waals surface area contributed by atoms with Crippen LogP contribution in [0.1, 0.15) is 31.3 Å². The Morgan fingerprint density at radius 2 is 2.15 bits per heavy atom. The van der Waals surface area contributed by atoms with Crippen molar-refractivity contribution < 1.29 is 4.74 Å². The summed E-state index contributed by atoms with van der Waals surface area (Å²) in [7, 11) is 0. The van der Waals surface area contributed by atoms with Gasteiger partial charge < -0.3 is 10.5 Å². The van der Waals surface area contributed by atoms with E-state index in [1.807, 2.05) is 13.8 Å². The van der Waals surface area contributed by atoms with Crippen molar-refractivity contribution in [3.63, 3.8) is 0 Å². The highest BCUT2D eigenvalue weighted by Crippen LogP contribution is 2.31. The molecule has 1 aromatic carbocycles. The van der Waals surface area contributed by atoms with Crippen molar-refractivity contribution in [2.75, 3.05) is 0 Å². The Bertz CT molecular complexity index is 579. The van der Waals surface area contributed by atoms with Crippen molar-refractivity contribution in [1.82, 2.24) is 15.0 Å². The molecule has 0 saturated carbocycles. The van der Waals surface area contributed by atoms with Crippen LogP contribution in [0.25, 0.3) is 0 Å². The van der Waals surface area contributed by atoms with E-state index in [9.17, 15) is 0 Å². The van der Waals surface area contributed by atoms with Gasteiger partial charge in [0.2, 0.25) is 0 Å². The number of aromatic nitrogens is 3. The van der Waals surface area contributed by atoms with Crippen LogP contribution in [0, 0.1) is 0 Å². The fourth-order valence-electron chi connectivity index (χ4n) is 2.00. The second-order valence-electron chi connectivity index (χ2n) is 4.28. The van der Waals surface area contributed by atoms with Crippen molar-refractivity contribution in [2.45, 2.75) is 33.0 Å². The van der Waals surface area contributed by atoms with Gasteiger partial charge in [-0.05, 0) is 32.0 Å². The van der Waals surface area contributed by atoms with Crippen LogP contribution in [0.3, 0.4) is 0 Å². The zero-order chi connectivity index (χ0) is 14.7. The molecule has 2 aromatic rings. The van der Waals surface area contributed by atoms with E-state index in [0.29, 0.717) is 28.9 Å². The average molecular weight is 315 g/mol. The Labute approximate surface area is 127 Å². The van der Waals surface area contributed by atoms with E-state index in [4.69, 9.17) is 33.7 Å². The molecule has 0 aliphatic carbocycles. The molecule has 5 nitrogen and oxygen atoms in total. The highest BCUT2D eigenvalue weighted by Gasteiger charge is 2.20. The summed E-state index contributed by atoms with van der Waals surface area (Å²) >= 11 is 12.0. The maximum atomic E-state index is 6.11. The van der Waals surface area contributed by atoms with Gasteiger partial charge >= 0.3 is 0 Å². The van der Waals surface area contributed by atoms with Crippen LogP contribution in [0.15, 0.2) is 18.2 Å². The normalized spacial score (nSPS) is 12.4. The van der Waals surface area contributed by atoms with E-state index in [-0.39, 0.29) is 6.10 Å². The molecule has 0 radical (unpaired) electrons. The molecular formula is C13H16Cl2N4O. The number of hydrogen-bond acceptors (Lipinski definition) is 4. The SMILES string of the molecule is CCn1nnc(CN)c1C(C)Oc1ccc(Cl)cc1Cl. The summed E-state index contributed by atoms with van der Waals surface area (Å²) in [6.45, 7) is 4.91. The lowest BCUT2D eigenvalue weighted by molar-refractivity contribution is 0.213. The van der Waals surface area contributed by atoms with Crippen LogP contribution in [-0.4, -0.2) is 15.0 Å². The molecule has 1 heterocycles. The van der Waals surface area contributed by atoms with Gasteiger partial charge in [-0.2, -0.15) is 0 Å². The van der Waals surface area contributed by atoms with Gasteiger partial charge in [-0.25, -0.2) is 4.68 Å². The monoisotopic (exact) mass is 314 g/mol. The molecule has 1 aromatic heterocycles. The van der Waals surface area contributed by atoms with Crippen LogP contribution in [-0.2, 0) is 13.1 Å². The second kappa shape index (κ2) is 6.43. The number of nitrogens with zero attached hydrogens (tertiary/aromatic N) is 3. The number of hydrogen-bond donors (Lipinski definition) is 1. The Hall–Kier alpha value is -1.30. The summed E-state index contributed by atoms with van der Waals surface area (Å²) in [5.74, 6) is 0.565. The second-order valence-corrected chi connectivity index (χ2v) is 5.12. The zero-order valence-corrected chi connectivity index (χ0v) is 12.8. The minimum atomic E-state index is -0.262. The Kier molecular flexibility index (Phi) is 4.86. The molecule has 0 fully saturated rings. The maximum Gasteiger partial charge on any atom is 0.139 e. The lowest BCUT2D eigenvalue weighted by Crippen LogP contribution is -2.14. The van der Waals surface area contributed by atoms with Crippen molar-refractivity contribution in [2.24, 2.45) is 5.73 Å². The van der Waals surface area contributed by atoms with Gasteiger partial charge in [0.1, 0.15) is 23.2 Å². The van der Waals surface area contributed by atoms with E-state index in [0.717, 1.165) is 11.4 Å². The molecule has 0 amide bonds. The van der Waals surface area contributed by atoms with Crippen LogP contribution < -0.4 is 10.5 Å². The minimum Gasteiger partial charge on any atom is -0.483 e. The van der Waals surface area contributed by atoms with Crippen LogP contribution in [0.2, 0.25) is 10.0 Å². The van der Waals surface area contributed by atoms with E-state index in [1.54, 1.807) is 22.9 Å². The van der Waals surface area contributed by atoms with Crippen LogP contribution in [0.4, 0.5) is 0 Å². The van der Waals surface area contributed by atoms with E-state index >= 15 is 0 Å². The number of nitrogens with two attached hydrogens (primary N) is 1. The van der Waals surface area contributed by atoms with Gasteiger partial charge in [-0.3, -0.25) is 0 Å². The molecular weight excluding hydrogens is 299 g/mol. The first-order valence-corrected chi connectivity index (χ1v) is 7.06. The molecule has 108 valence electrons. The van der Waals surface area contributed by atoms with Gasteiger partial charge in [0.05, 0.1) is 5.02 Å². The number of benzene rings is 1. The summed E-state index contributed by atoms with van der Waals surface area (Å²) in [6, 6.07) is 5.11. The number of halogens is 2. The van der Waals surface area contributed by atoms with Gasteiger partial charge in [-0.15, -0.1) is 5.10 Å². The van der Waals surface area contributed by atoms with Crippen molar-refractivity contribution >= 4 is 23.2 Å². The third-order valence-corrected chi connectivity index (χ3v) is 3.45. The predicted molar refractivity (Wildman–Crippen MR) is 79.1 cm³/mol. The molecule has 0 aliphatic heterocycles. The molecule has 0 bridgehead atoms. The van der Waals surface area contributed by atoms with Gasteiger partial charge in [0, 0.05) is 18.1 Å². The summed E-state index contributed by atoms with van der Waals surface area (Å²) < 4.78 is 7.66. The standard InChI is InChI=1S/C13H16Cl2N4O/c1-3-19-13(11(7-16)17-18-19)8(2)20-12-5-4-9(14)6-10(12)15/h4-6,8H,3,7,16H2,1-2H3.